The molecule has 1 amide bonds. The first-order valence-electron chi connectivity index (χ1n) is 8.62. The summed E-state index contributed by atoms with van der Waals surface area (Å²) in [5, 5.41) is 12.8. The van der Waals surface area contributed by atoms with Crippen molar-refractivity contribution in [3.63, 3.8) is 0 Å². The van der Waals surface area contributed by atoms with Gasteiger partial charge in [0.1, 0.15) is 5.82 Å². The van der Waals surface area contributed by atoms with Gasteiger partial charge < -0.3 is 10.4 Å². The molecule has 3 aromatic rings. The van der Waals surface area contributed by atoms with Crippen molar-refractivity contribution in [2.45, 2.75) is 31.7 Å². The number of benzene rings is 2. The maximum Gasteiger partial charge on any atom is 0.305 e. The summed E-state index contributed by atoms with van der Waals surface area (Å²) in [4.78, 5) is 27.9. The number of halogens is 1. The first-order valence-corrected chi connectivity index (χ1v) is 9.44. The number of hydrogen-bond donors (Lipinski definition) is 2. The van der Waals surface area contributed by atoms with Crippen molar-refractivity contribution >= 4 is 33.4 Å². The van der Waals surface area contributed by atoms with Gasteiger partial charge in [0, 0.05) is 6.42 Å². The normalized spacial score (nSPS) is 12.0. The zero-order valence-electron chi connectivity index (χ0n) is 14.5. The number of nitrogens with one attached hydrogen (secondary N) is 1. The van der Waals surface area contributed by atoms with Crippen molar-refractivity contribution < 1.29 is 19.1 Å². The van der Waals surface area contributed by atoms with Gasteiger partial charge in [-0.2, -0.15) is 0 Å². The van der Waals surface area contributed by atoms with Crippen LogP contribution in [0.25, 0.3) is 10.2 Å². The number of aryl methyl sites for hydroxylation is 1. The highest BCUT2D eigenvalue weighted by Crippen LogP contribution is 2.23. The predicted octanol–water partition coefficient (Wildman–Crippen LogP) is 4.09. The summed E-state index contributed by atoms with van der Waals surface area (Å²) in [6.07, 6.45) is 1.32. The molecule has 0 aliphatic carbocycles. The Morgan fingerprint density at radius 1 is 1.15 bits per heavy atom. The van der Waals surface area contributed by atoms with E-state index < -0.39 is 17.8 Å². The number of fused-ring (bicyclic) bond motifs is 1. The van der Waals surface area contributed by atoms with Crippen molar-refractivity contribution in [2.24, 2.45) is 0 Å². The Kier molecular flexibility index (Phi) is 6.13. The third-order valence-corrected chi connectivity index (χ3v) is 5.22. The Hall–Kier alpha value is -2.80. The summed E-state index contributed by atoms with van der Waals surface area (Å²) in [5.74, 6) is -1.67. The molecule has 5 nitrogen and oxygen atoms in total. The van der Waals surface area contributed by atoms with E-state index >= 15 is 0 Å². The van der Waals surface area contributed by atoms with E-state index in [2.05, 4.69) is 10.3 Å². The Morgan fingerprint density at radius 3 is 2.59 bits per heavy atom. The Bertz CT molecular complexity index is 907. The number of carbonyl (C=O) groups is 2. The lowest BCUT2D eigenvalue weighted by Gasteiger charge is -2.17. The first kappa shape index (κ1) is 19.0. The van der Waals surface area contributed by atoms with Gasteiger partial charge in [0.15, 0.2) is 0 Å². The topological polar surface area (TPSA) is 79.3 Å². The monoisotopic (exact) mass is 386 g/mol. The number of aromatic nitrogens is 1. The standard InChI is InChI=1S/C20H19FN2O3S/c21-14-10-8-13(9-11-14)16(12-20(25)26)22-18(24)6-3-7-19-23-15-4-1-2-5-17(15)27-19/h1-2,4-5,8-11,16H,3,6-7,12H2,(H,22,24)(H,25,26). The second-order valence-electron chi connectivity index (χ2n) is 6.20. The number of thiazole rings is 1. The highest BCUT2D eigenvalue weighted by atomic mass is 32.1. The highest BCUT2D eigenvalue weighted by Gasteiger charge is 2.18. The number of nitrogens with zero attached hydrogens (tertiary/aromatic N) is 1. The van der Waals surface area contributed by atoms with Gasteiger partial charge in [0.2, 0.25) is 5.91 Å². The van der Waals surface area contributed by atoms with Crippen LogP contribution in [0.1, 0.15) is 35.9 Å². The molecule has 1 aromatic heterocycles. The maximum atomic E-state index is 13.1. The fraction of sp³-hybridized carbons (Fsp3) is 0.250. The van der Waals surface area contributed by atoms with Gasteiger partial charge in [-0.05, 0) is 42.7 Å². The number of amides is 1. The molecule has 1 unspecified atom stereocenters. The number of rotatable bonds is 8. The van der Waals surface area contributed by atoms with Gasteiger partial charge in [0.25, 0.3) is 0 Å². The molecule has 2 aromatic carbocycles. The lowest BCUT2D eigenvalue weighted by atomic mass is 10.0. The van der Waals surface area contributed by atoms with E-state index in [0.29, 0.717) is 18.4 Å². The van der Waals surface area contributed by atoms with Crippen LogP contribution in [-0.4, -0.2) is 22.0 Å². The molecule has 0 aliphatic heterocycles. The number of carboxylic acids is 1. The van der Waals surface area contributed by atoms with Crippen LogP contribution in [0, 0.1) is 5.82 Å². The second kappa shape index (κ2) is 8.73. The van der Waals surface area contributed by atoms with Crippen LogP contribution in [-0.2, 0) is 16.0 Å². The SMILES string of the molecule is O=C(O)CC(NC(=O)CCCc1nc2ccccc2s1)c1ccc(F)cc1. The summed E-state index contributed by atoms with van der Waals surface area (Å²) in [5.41, 5.74) is 1.53. The molecular formula is C20H19FN2O3S. The molecule has 3 rings (SSSR count). The summed E-state index contributed by atoms with van der Waals surface area (Å²) in [6, 6.07) is 12.7. The van der Waals surface area contributed by atoms with E-state index in [4.69, 9.17) is 5.11 Å². The fourth-order valence-electron chi connectivity index (χ4n) is 2.82. The van der Waals surface area contributed by atoms with Crippen molar-refractivity contribution in [3.05, 3.63) is 64.9 Å². The predicted molar refractivity (Wildman–Crippen MR) is 102 cm³/mol. The molecule has 0 saturated carbocycles. The Balaban J connectivity index is 1.55. The quantitative estimate of drug-likeness (QED) is 0.611. The average molecular weight is 386 g/mol. The summed E-state index contributed by atoms with van der Waals surface area (Å²) < 4.78 is 14.2. The van der Waals surface area contributed by atoms with Crippen LogP contribution in [0.5, 0.6) is 0 Å². The van der Waals surface area contributed by atoms with E-state index in [1.54, 1.807) is 11.3 Å². The molecule has 2 N–H and O–H groups in total. The molecule has 0 radical (unpaired) electrons. The van der Waals surface area contributed by atoms with Crippen LogP contribution in [0.15, 0.2) is 48.5 Å². The van der Waals surface area contributed by atoms with Crippen molar-refractivity contribution in [1.29, 1.82) is 0 Å². The highest BCUT2D eigenvalue weighted by molar-refractivity contribution is 7.18. The van der Waals surface area contributed by atoms with E-state index in [-0.39, 0.29) is 18.7 Å². The molecule has 1 atom stereocenters. The van der Waals surface area contributed by atoms with Gasteiger partial charge >= 0.3 is 5.97 Å². The van der Waals surface area contributed by atoms with E-state index in [1.807, 2.05) is 24.3 Å². The van der Waals surface area contributed by atoms with Crippen molar-refractivity contribution in [1.82, 2.24) is 10.3 Å². The number of carbonyl (C=O) groups excluding carboxylic acids is 1. The third kappa shape index (κ3) is 5.34. The minimum Gasteiger partial charge on any atom is -0.481 e. The molecule has 0 spiro atoms. The first-order chi connectivity index (χ1) is 13.0. The van der Waals surface area contributed by atoms with Gasteiger partial charge in [-0.15, -0.1) is 11.3 Å². The van der Waals surface area contributed by atoms with Gasteiger partial charge in [0.05, 0.1) is 27.7 Å². The van der Waals surface area contributed by atoms with Crippen molar-refractivity contribution in [3.8, 4) is 0 Å². The second-order valence-corrected chi connectivity index (χ2v) is 7.31. The number of hydrogen-bond acceptors (Lipinski definition) is 4. The summed E-state index contributed by atoms with van der Waals surface area (Å²) in [7, 11) is 0. The zero-order valence-corrected chi connectivity index (χ0v) is 15.3. The molecule has 0 saturated heterocycles. The molecule has 0 aliphatic rings. The Labute approximate surface area is 159 Å². The lowest BCUT2D eigenvalue weighted by Crippen LogP contribution is -2.30. The van der Waals surface area contributed by atoms with Crippen LogP contribution in [0.4, 0.5) is 4.39 Å². The van der Waals surface area contributed by atoms with Crippen LogP contribution < -0.4 is 5.32 Å². The average Bonchev–Trinajstić information content (AvgIpc) is 3.04. The zero-order chi connectivity index (χ0) is 19.2. The third-order valence-electron chi connectivity index (χ3n) is 4.12. The minimum absolute atomic E-state index is 0.230. The molecule has 1 heterocycles. The fourth-order valence-corrected chi connectivity index (χ4v) is 3.82. The van der Waals surface area contributed by atoms with E-state index in [0.717, 1.165) is 15.2 Å². The smallest absolute Gasteiger partial charge is 0.305 e. The molecule has 7 heteroatoms. The molecular weight excluding hydrogens is 367 g/mol. The van der Waals surface area contributed by atoms with E-state index in [1.165, 1.54) is 24.3 Å². The van der Waals surface area contributed by atoms with Crippen LogP contribution in [0.3, 0.4) is 0 Å². The molecule has 140 valence electrons. The van der Waals surface area contributed by atoms with Crippen LogP contribution >= 0.6 is 11.3 Å². The summed E-state index contributed by atoms with van der Waals surface area (Å²) in [6.45, 7) is 0. The van der Waals surface area contributed by atoms with E-state index in [9.17, 15) is 14.0 Å². The van der Waals surface area contributed by atoms with Crippen molar-refractivity contribution in [2.75, 3.05) is 0 Å². The van der Waals surface area contributed by atoms with Gasteiger partial charge in [-0.1, -0.05) is 24.3 Å². The number of carboxylic acid groups (broad SMARTS) is 1. The van der Waals surface area contributed by atoms with Crippen LogP contribution in [0.2, 0.25) is 0 Å². The maximum absolute atomic E-state index is 13.1. The molecule has 27 heavy (non-hydrogen) atoms. The minimum atomic E-state index is -1.03. The molecule has 0 bridgehead atoms. The largest absolute Gasteiger partial charge is 0.481 e. The van der Waals surface area contributed by atoms with Gasteiger partial charge in [-0.3, -0.25) is 9.59 Å². The van der Waals surface area contributed by atoms with Gasteiger partial charge in [-0.25, -0.2) is 9.37 Å². The number of para-hydroxylation sites is 1. The Morgan fingerprint density at radius 2 is 1.89 bits per heavy atom. The lowest BCUT2D eigenvalue weighted by molar-refractivity contribution is -0.137. The summed E-state index contributed by atoms with van der Waals surface area (Å²) >= 11 is 1.61. The number of aliphatic carboxylic acids is 1. The molecule has 0 fully saturated rings.